The van der Waals surface area contributed by atoms with Crippen LogP contribution in [0.5, 0.6) is 0 Å². The van der Waals surface area contributed by atoms with Crippen molar-refractivity contribution in [2.45, 2.75) is 59.0 Å². The van der Waals surface area contributed by atoms with E-state index in [4.69, 9.17) is 0 Å². The fraction of sp³-hybridized carbons (Fsp3) is 0.750. The molecule has 1 atom stereocenters. The Morgan fingerprint density at radius 3 is 2.46 bits per heavy atom. The van der Waals surface area contributed by atoms with Crippen molar-refractivity contribution in [3.05, 3.63) is 18.0 Å². The number of nitrogens with one attached hydrogen (secondary N) is 1. The van der Waals surface area contributed by atoms with Gasteiger partial charge < -0.3 is 10.2 Å². The molecule has 2 aliphatic rings. The predicted molar refractivity (Wildman–Crippen MR) is 104 cm³/mol. The van der Waals surface area contributed by atoms with Crippen LogP contribution in [0.15, 0.2) is 12.4 Å². The van der Waals surface area contributed by atoms with Crippen molar-refractivity contribution in [1.82, 2.24) is 19.8 Å². The number of aromatic nitrogens is 2. The minimum Gasteiger partial charge on any atom is -0.352 e. The molecule has 1 aliphatic carbocycles. The molecule has 0 unspecified atom stereocenters. The van der Waals surface area contributed by atoms with Gasteiger partial charge >= 0.3 is 0 Å². The standard InChI is InChI=1S/C20H33N5O/c1-14(2)18-13-25(9-5-8-24(18)12-16-6-7-16)19(26)17-10-21-20(22-11-17)23-15(3)4/h10-11,14-16,18H,5-9,12-13H2,1-4H3,(H,21,22,23)/t18-/m0/s1. The molecule has 3 rings (SSSR count). The summed E-state index contributed by atoms with van der Waals surface area (Å²) >= 11 is 0. The highest BCUT2D eigenvalue weighted by Gasteiger charge is 2.33. The third-order valence-corrected chi connectivity index (χ3v) is 5.31. The molecule has 1 aromatic rings. The Hall–Kier alpha value is -1.69. The Balaban J connectivity index is 1.67. The van der Waals surface area contributed by atoms with E-state index in [1.54, 1.807) is 12.4 Å². The zero-order chi connectivity index (χ0) is 18.7. The fourth-order valence-electron chi connectivity index (χ4n) is 3.69. The highest BCUT2D eigenvalue weighted by atomic mass is 16.2. The van der Waals surface area contributed by atoms with Gasteiger partial charge in [0.2, 0.25) is 5.95 Å². The maximum Gasteiger partial charge on any atom is 0.257 e. The van der Waals surface area contributed by atoms with E-state index in [1.807, 2.05) is 18.7 Å². The largest absolute Gasteiger partial charge is 0.352 e. The van der Waals surface area contributed by atoms with Gasteiger partial charge in [0.1, 0.15) is 0 Å². The second-order valence-corrected chi connectivity index (χ2v) is 8.45. The first kappa shape index (κ1) is 19.1. The van der Waals surface area contributed by atoms with Gasteiger partial charge in [-0.25, -0.2) is 9.97 Å². The van der Waals surface area contributed by atoms with E-state index in [0.717, 1.165) is 32.0 Å². The first-order valence-electron chi connectivity index (χ1n) is 10.1. The predicted octanol–water partition coefficient (Wildman–Crippen LogP) is 2.88. The van der Waals surface area contributed by atoms with Gasteiger partial charge in [-0.05, 0) is 44.9 Å². The summed E-state index contributed by atoms with van der Waals surface area (Å²) in [5, 5.41) is 3.16. The van der Waals surface area contributed by atoms with Crippen LogP contribution in [0.2, 0.25) is 0 Å². The van der Waals surface area contributed by atoms with E-state index in [2.05, 4.69) is 34.0 Å². The summed E-state index contributed by atoms with van der Waals surface area (Å²) in [5.74, 6) is 2.05. The van der Waals surface area contributed by atoms with Gasteiger partial charge in [-0.3, -0.25) is 9.69 Å². The van der Waals surface area contributed by atoms with Crippen LogP contribution in [0, 0.1) is 11.8 Å². The molecule has 1 saturated heterocycles. The average Bonchev–Trinajstić information content (AvgIpc) is 3.42. The molecule has 1 aliphatic heterocycles. The van der Waals surface area contributed by atoms with Crippen molar-refractivity contribution in [1.29, 1.82) is 0 Å². The van der Waals surface area contributed by atoms with Crippen molar-refractivity contribution in [3.8, 4) is 0 Å². The highest BCUT2D eigenvalue weighted by molar-refractivity contribution is 5.93. The normalized spacial score (nSPS) is 21.9. The SMILES string of the molecule is CC(C)Nc1ncc(C(=O)N2CCCN(CC3CC3)[C@H](C(C)C)C2)cn1. The zero-order valence-corrected chi connectivity index (χ0v) is 16.6. The summed E-state index contributed by atoms with van der Waals surface area (Å²) < 4.78 is 0. The Morgan fingerprint density at radius 2 is 1.88 bits per heavy atom. The Kier molecular flexibility index (Phi) is 6.12. The molecule has 0 spiro atoms. The van der Waals surface area contributed by atoms with Crippen LogP contribution in [0.1, 0.15) is 57.3 Å². The van der Waals surface area contributed by atoms with Crippen LogP contribution in [0.25, 0.3) is 0 Å². The molecule has 1 N–H and O–H groups in total. The van der Waals surface area contributed by atoms with Gasteiger partial charge in [0, 0.05) is 50.7 Å². The molecule has 2 fully saturated rings. The maximum atomic E-state index is 13.0. The van der Waals surface area contributed by atoms with Crippen molar-refractivity contribution >= 4 is 11.9 Å². The molecule has 0 aromatic carbocycles. The van der Waals surface area contributed by atoms with Gasteiger partial charge in [0.15, 0.2) is 0 Å². The van der Waals surface area contributed by atoms with Gasteiger partial charge in [0.05, 0.1) is 5.56 Å². The number of nitrogens with zero attached hydrogens (tertiary/aromatic N) is 4. The quantitative estimate of drug-likeness (QED) is 0.846. The van der Waals surface area contributed by atoms with Crippen LogP contribution < -0.4 is 5.32 Å². The molecule has 1 amide bonds. The van der Waals surface area contributed by atoms with E-state index in [-0.39, 0.29) is 11.9 Å². The van der Waals surface area contributed by atoms with Gasteiger partial charge in [-0.2, -0.15) is 0 Å². The molecule has 6 nitrogen and oxygen atoms in total. The van der Waals surface area contributed by atoms with Gasteiger partial charge in [-0.15, -0.1) is 0 Å². The lowest BCUT2D eigenvalue weighted by Gasteiger charge is -2.34. The Morgan fingerprint density at radius 1 is 1.19 bits per heavy atom. The second-order valence-electron chi connectivity index (χ2n) is 8.45. The van der Waals surface area contributed by atoms with Crippen molar-refractivity contribution in [2.75, 3.05) is 31.5 Å². The van der Waals surface area contributed by atoms with Crippen molar-refractivity contribution < 1.29 is 4.79 Å². The topological polar surface area (TPSA) is 61.4 Å². The molecule has 26 heavy (non-hydrogen) atoms. The smallest absolute Gasteiger partial charge is 0.257 e. The highest BCUT2D eigenvalue weighted by Crippen LogP contribution is 2.32. The summed E-state index contributed by atoms with van der Waals surface area (Å²) in [6.07, 6.45) is 7.08. The van der Waals surface area contributed by atoms with E-state index in [9.17, 15) is 4.79 Å². The lowest BCUT2D eigenvalue weighted by molar-refractivity contribution is 0.0703. The lowest BCUT2D eigenvalue weighted by atomic mass is 10.0. The fourth-order valence-corrected chi connectivity index (χ4v) is 3.69. The first-order chi connectivity index (χ1) is 12.4. The monoisotopic (exact) mass is 359 g/mol. The molecular formula is C20H33N5O. The number of rotatable bonds is 6. The van der Waals surface area contributed by atoms with Gasteiger partial charge in [0.25, 0.3) is 5.91 Å². The summed E-state index contributed by atoms with van der Waals surface area (Å²) in [4.78, 5) is 26.2. The second kappa shape index (κ2) is 8.33. The summed E-state index contributed by atoms with van der Waals surface area (Å²) in [5.41, 5.74) is 0.581. The van der Waals surface area contributed by atoms with Crippen LogP contribution in [0.4, 0.5) is 5.95 Å². The molecule has 2 heterocycles. The van der Waals surface area contributed by atoms with Gasteiger partial charge in [-0.1, -0.05) is 13.8 Å². The van der Waals surface area contributed by atoms with Crippen LogP contribution in [-0.4, -0.2) is 63.9 Å². The minimum absolute atomic E-state index is 0.0556. The number of anilines is 1. The zero-order valence-electron chi connectivity index (χ0n) is 16.6. The minimum atomic E-state index is 0.0556. The van der Waals surface area contributed by atoms with Crippen molar-refractivity contribution in [2.24, 2.45) is 11.8 Å². The van der Waals surface area contributed by atoms with Crippen molar-refractivity contribution in [3.63, 3.8) is 0 Å². The number of carbonyl (C=O) groups is 1. The summed E-state index contributed by atoms with van der Waals surface area (Å²) in [7, 11) is 0. The number of hydrogen-bond donors (Lipinski definition) is 1. The number of hydrogen-bond acceptors (Lipinski definition) is 5. The van der Waals surface area contributed by atoms with E-state index >= 15 is 0 Å². The first-order valence-corrected chi connectivity index (χ1v) is 10.1. The molecule has 1 aromatic heterocycles. The van der Waals surface area contributed by atoms with Crippen LogP contribution in [-0.2, 0) is 0 Å². The molecule has 144 valence electrons. The Bertz CT molecular complexity index is 597. The van der Waals surface area contributed by atoms with E-state index < -0.39 is 0 Å². The molecular weight excluding hydrogens is 326 g/mol. The average molecular weight is 360 g/mol. The molecule has 0 bridgehead atoms. The van der Waals surface area contributed by atoms with Crippen LogP contribution >= 0.6 is 0 Å². The summed E-state index contributed by atoms with van der Waals surface area (Å²) in [6.45, 7) is 12.5. The Labute approximate surface area is 157 Å². The third kappa shape index (κ3) is 4.93. The number of amides is 1. The molecule has 1 saturated carbocycles. The van der Waals surface area contributed by atoms with Crippen LogP contribution in [0.3, 0.4) is 0 Å². The summed E-state index contributed by atoms with van der Waals surface area (Å²) in [6, 6.07) is 0.705. The third-order valence-electron chi connectivity index (χ3n) is 5.31. The maximum absolute atomic E-state index is 13.0. The van der Waals surface area contributed by atoms with E-state index in [0.29, 0.717) is 23.5 Å². The lowest BCUT2D eigenvalue weighted by Crippen LogP contribution is -2.46. The van der Waals surface area contributed by atoms with E-state index in [1.165, 1.54) is 19.4 Å². The number of carbonyl (C=O) groups excluding carboxylic acids is 1. The molecule has 0 radical (unpaired) electrons. The molecule has 6 heteroatoms.